The molecule has 0 aromatic heterocycles. The highest BCUT2D eigenvalue weighted by Gasteiger charge is 2.16. The molecule has 0 aromatic rings. The highest BCUT2D eigenvalue weighted by molar-refractivity contribution is 7.80. The van der Waals surface area contributed by atoms with E-state index in [-0.39, 0.29) is 5.11 Å². The number of nitrogens with one attached hydrogen (secondary N) is 1. The van der Waals surface area contributed by atoms with E-state index in [1.54, 1.807) is 0 Å². The molecule has 0 fully saturated rings. The molecule has 0 saturated carbocycles. The summed E-state index contributed by atoms with van der Waals surface area (Å²) in [5, 5.41) is 4.33. The van der Waals surface area contributed by atoms with Crippen LogP contribution in [0.25, 0.3) is 0 Å². The lowest BCUT2D eigenvalue weighted by Crippen LogP contribution is -2.25. The lowest BCUT2D eigenvalue weighted by atomic mass is 9.84. The zero-order valence-corrected chi connectivity index (χ0v) is 11.5. The first kappa shape index (κ1) is 15.4. The Hall–Kier alpha value is -0.640. The summed E-state index contributed by atoms with van der Waals surface area (Å²) >= 11 is 4.71. The Bertz CT molecular complexity index is 216. The van der Waals surface area contributed by atoms with Crippen LogP contribution >= 0.6 is 12.2 Å². The van der Waals surface area contributed by atoms with Gasteiger partial charge in [0.15, 0.2) is 5.11 Å². The molecule has 0 heterocycles. The summed E-state index contributed by atoms with van der Waals surface area (Å²) in [6.45, 7) is 6.69. The van der Waals surface area contributed by atoms with Crippen LogP contribution in [0.4, 0.5) is 0 Å². The van der Waals surface area contributed by atoms with Crippen LogP contribution in [-0.4, -0.2) is 11.3 Å². The first-order valence-corrected chi connectivity index (χ1v) is 6.65. The van der Waals surface area contributed by atoms with Crippen LogP contribution in [0.2, 0.25) is 0 Å². The van der Waals surface area contributed by atoms with Gasteiger partial charge >= 0.3 is 0 Å². The van der Waals surface area contributed by atoms with Crippen molar-refractivity contribution in [2.24, 2.45) is 22.7 Å². The Labute approximate surface area is 105 Å². The van der Waals surface area contributed by atoms with Crippen LogP contribution in [0.1, 0.15) is 52.9 Å². The summed E-state index contributed by atoms with van der Waals surface area (Å²) in [5.41, 5.74) is 7.96. The number of hydrogen-bond donors (Lipinski definition) is 2. The maximum atomic E-state index is 5.33. The molecular weight excluding hydrogens is 218 g/mol. The molecule has 2 atom stereocenters. The second kappa shape index (κ2) is 9.58. The van der Waals surface area contributed by atoms with E-state index in [0.29, 0.717) is 5.92 Å². The Morgan fingerprint density at radius 1 is 1.31 bits per heavy atom. The second-order valence-electron chi connectivity index (χ2n) is 4.16. The number of nitrogens with zero attached hydrogens (tertiary/aromatic N) is 1. The van der Waals surface area contributed by atoms with Crippen molar-refractivity contribution in [3.63, 3.8) is 0 Å². The minimum absolute atomic E-state index is 0.232. The van der Waals surface area contributed by atoms with E-state index in [0.717, 1.165) is 5.92 Å². The topological polar surface area (TPSA) is 50.4 Å². The molecule has 0 aliphatic carbocycles. The molecule has 2 unspecified atom stereocenters. The van der Waals surface area contributed by atoms with Crippen molar-refractivity contribution in [2.75, 3.05) is 0 Å². The molecule has 0 bridgehead atoms. The molecular formula is C12H25N3S. The van der Waals surface area contributed by atoms with E-state index in [1.807, 2.05) is 6.21 Å². The van der Waals surface area contributed by atoms with Gasteiger partial charge in [0, 0.05) is 6.21 Å². The smallest absolute Gasteiger partial charge is 0.184 e. The third-order valence-electron chi connectivity index (χ3n) is 2.85. The van der Waals surface area contributed by atoms with Gasteiger partial charge in [0.1, 0.15) is 0 Å². The van der Waals surface area contributed by atoms with Gasteiger partial charge < -0.3 is 5.73 Å². The molecule has 16 heavy (non-hydrogen) atoms. The highest BCUT2D eigenvalue weighted by atomic mass is 32.1. The lowest BCUT2D eigenvalue weighted by Gasteiger charge is -2.21. The van der Waals surface area contributed by atoms with E-state index < -0.39 is 0 Å². The van der Waals surface area contributed by atoms with Crippen molar-refractivity contribution in [2.45, 2.75) is 52.9 Å². The van der Waals surface area contributed by atoms with Crippen LogP contribution in [0.5, 0.6) is 0 Å². The average molecular weight is 243 g/mol. The molecule has 3 N–H and O–H groups in total. The van der Waals surface area contributed by atoms with E-state index >= 15 is 0 Å². The molecule has 0 aliphatic rings. The quantitative estimate of drug-likeness (QED) is 0.391. The average Bonchev–Trinajstić information content (AvgIpc) is 2.24. The molecule has 0 amide bonds. The monoisotopic (exact) mass is 243 g/mol. The summed E-state index contributed by atoms with van der Waals surface area (Å²) in [6.07, 6.45) is 8.05. The predicted octanol–water partition coefficient (Wildman–Crippen LogP) is 3.05. The largest absolute Gasteiger partial charge is 0.375 e. The van der Waals surface area contributed by atoms with Crippen LogP contribution < -0.4 is 11.2 Å². The summed E-state index contributed by atoms with van der Waals surface area (Å²) in [5.74, 6) is 1.26. The minimum Gasteiger partial charge on any atom is -0.375 e. The zero-order valence-electron chi connectivity index (χ0n) is 10.7. The van der Waals surface area contributed by atoms with Gasteiger partial charge in [-0.05, 0) is 30.5 Å². The fourth-order valence-corrected chi connectivity index (χ4v) is 2.11. The second-order valence-corrected chi connectivity index (χ2v) is 4.60. The zero-order chi connectivity index (χ0) is 12.4. The summed E-state index contributed by atoms with van der Waals surface area (Å²) < 4.78 is 0. The molecule has 4 heteroatoms. The van der Waals surface area contributed by atoms with Crippen LogP contribution in [0.15, 0.2) is 5.10 Å². The molecule has 3 nitrogen and oxygen atoms in total. The fraction of sp³-hybridized carbons (Fsp3) is 0.833. The van der Waals surface area contributed by atoms with Crippen molar-refractivity contribution < 1.29 is 0 Å². The van der Waals surface area contributed by atoms with Crippen molar-refractivity contribution in [3.8, 4) is 0 Å². The number of hydrogen-bond acceptors (Lipinski definition) is 2. The SMILES string of the molecule is CCCC(C=NNC(N)=S)C(CC)CCC. The van der Waals surface area contributed by atoms with Gasteiger partial charge in [-0.25, -0.2) is 0 Å². The van der Waals surface area contributed by atoms with Crippen molar-refractivity contribution >= 4 is 23.5 Å². The van der Waals surface area contributed by atoms with E-state index in [9.17, 15) is 0 Å². The number of rotatable bonds is 8. The predicted molar refractivity (Wildman–Crippen MR) is 75.5 cm³/mol. The number of nitrogens with two attached hydrogens (primary N) is 1. The number of hydrazone groups is 1. The standard InChI is InChI=1S/C12H25N3S/c1-4-7-10(6-3)11(8-5-2)9-14-15-12(13)16/h9-11H,4-8H2,1-3H3,(H3,13,15,16). The summed E-state index contributed by atoms with van der Waals surface area (Å²) in [4.78, 5) is 0. The van der Waals surface area contributed by atoms with Gasteiger partial charge in [0.05, 0.1) is 0 Å². The van der Waals surface area contributed by atoms with Gasteiger partial charge in [-0.2, -0.15) is 5.10 Å². The summed E-state index contributed by atoms with van der Waals surface area (Å²) in [7, 11) is 0. The maximum Gasteiger partial charge on any atom is 0.184 e. The molecule has 0 aliphatic heterocycles. The molecule has 0 rings (SSSR count). The van der Waals surface area contributed by atoms with Gasteiger partial charge in [-0.15, -0.1) is 0 Å². The molecule has 94 valence electrons. The van der Waals surface area contributed by atoms with Crippen molar-refractivity contribution in [3.05, 3.63) is 0 Å². The third-order valence-corrected chi connectivity index (χ3v) is 2.94. The van der Waals surface area contributed by atoms with Gasteiger partial charge in [0.2, 0.25) is 0 Å². The van der Waals surface area contributed by atoms with E-state index in [4.69, 9.17) is 18.0 Å². The van der Waals surface area contributed by atoms with Gasteiger partial charge in [0.25, 0.3) is 0 Å². The van der Waals surface area contributed by atoms with Crippen LogP contribution in [-0.2, 0) is 0 Å². The van der Waals surface area contributed by atoms with E-state index in [1.165, 1.54) is 32.1 Å². The van der Waals surface area contributed by atoms with Crippen molar-refractivity contribution in [1.82, 2.24) is 5.43 Å². The molecule has 0 aromatic carbocycles. The Balaban J connectivity index is 4.32. The molecule has 0 spiro atoms. The number of thiocarbonyl (C=S) groups is 1. The van der Waals surface area contributed by atoms with Crippen molar-refractivity contribution in [1.29, 1.82) is 0 Å². The lowest BCUT2D eigenvalue weighted by molar-refractivity contribution is 0.359. The van der Waals surface area contributed by atoms with Gasteiger partial charge in [-0.1, -0.05) is 46.5 Å². The Morgan fingerprint density at radius 2 is 1.94 bits per heavy atom. The minimum atomic E-state index is 0.232. The summed E-state index contributed by atoms with van der Waals surface area (Å²) in [6, 6.07) is 0. The third kappa shape index (κ3) is 6.77. The van der Waals surface area contributed by atoms with Gasteiger partial charge in [-0.3, -0.25) is 5.43 Å². The highest BCUT2D eigenvalue weighted by Crippen LogP contribution is 2.23. The Kier molecular flexibility index (Phi) is 9.19. The fourth-order valence-electron chi connectivity index (χ4n) is 2.05. The van der Waals surface area contributed by atoms with E-state index in [2.05, 4.69) is 31.3 Å². The Morgan fingerprint density at radius 3 is 2.38 bits per heavy atom. The van der Waals surface area contributed by atoms with Crippen LogP contribution in [0.3, 0.4) is 0 Å². The normalized spacial score (nSPS) is 14.9. The molecule has 0 saturated heterocycles. The first-order chi connectivity index (χ1) is 7.65. The first-order valence-electron chi connectivity index (χ1n) is 6.24. The van der Waals surface area contributed by atoms with Crippen LogP contribution in [0, 0.1) is 11.8 Å². The molecule has 0 radical (unpaired) electrons. The maximum absolute atomic E-state index is 5.33.